The van der Waals surface area contributed by atoms with Crippen molar-refractivity contribution in [2.24, 2.45) is 0 Å². The van der Waals surface area contributed by atoms with Crippen LogP contribution in [0.5, 0.6) is 0 Å². The van der Waals surface area contributed by atoms with Gasteiger partial charge in [-0.1, -0.05) is 0 Å². The smallest absolute Gasteiger partial charge is 0.294 e. The van der Waals surface area contributed by atoms with Crippen molar-refractivity contribution in [1.82, 2.24) is 0 Å². The van der Waals surface area contributed by atoms with Crippen LogP contribution < -0.4 is 0 Å². The second-order valence-corrected chi connectivity index (χ2v) is 4.56. The van der Waals surface area contributed by atoms with E-state index in [1.807, 2.05) is 0 Å². The molecule has 0 atom stereocenters. The Morgan fingerprint density at radius 3 is 1.78 bits per heavy atom. The molecule has 0 heterocycles. The van der Waals surface area contributed by atoms with Crippen LogP contribution in [-0.4, -0.2) is 5.78 Å². The second kappa shape index (κ2) is 4.71. The van der Waals surface area contributed by atoms with Crippen LogP contribution in [0.2, 0.25) is 0 Å². The molecular weight excluding hydrogens is 377 g/mol. The van der Waals surface area contributed by atoms with Gasteiger partial charge in [-0.25, -0.2) is 0 Å². The summed E-state index contributed by atoms with van der Waals surface area (Å²) in [5.41, 5.74) is -4.71. The molecule has 0 aliphatic rings. The number of ketones is 1. The first-order valence-corrected chi connectivity index (χ1v) is 5.52. The number of carbonyl (C=O) groups excluding carboxylic acids is 1. The van der Waals surface area contributed by atoms with E-state index in [0.29, 0.717) is 0 Å². The maximum Gasteiger partial charge on any atom is 0.418 e. The van der Waals surface area contributed by atoms with Gasteiger partial charge >= 0.3 is 12.4 Å². The van der Waals surface area contributed by atoms with E-state index in [9.17, 15) is 31.1 Å². The Kier molecular flexibility index (Phi) is 3.99. The van der Waals surface area contributed by atoms with Crippen molar-refractivity contribution in [1.29, 1.82) is 0 Å². The third-order valence-electron chi connectivity index (χ3n) is 2.10. The quantitative estimate of drug-likeness (QED) is 0.396. The molecule has 0 aliphatic carbocycles. The van der Waals surface area contributed by atoms with Gasteiger partial charge in [-0.3, -0.25) is 4.79 Å². The Bertz CT molecular complexity index is 488. The lowest BCUT2D eigenvalue weighted by atomic mass is 9.97. The number of rotatable bonds is 1. The van der Waals surface area contributed by atoms with Gasteiger partial charge in [0.15, 0.2) is 5.78 Å². The normalized spacial score (nSPS) is 12.7. The highest BCUT2D eigenvalue weighted by molar-refractivity contribution is 14.1. The average Bonchev–Trinajstić information content (AvgIpc) is 2.13. The van der Waals surface area contributed by atoms with Gasteiger partial charge in [0.2, 0.25) is 0 Å². The highest BCUT2D eigenvalue weighted by Gasteiger charge is 2.46. The first kappa shape index (κ1) is 15.3. The van der Waals surface area contributed by atoms with Crippen LogP contribution in [0.1, 0.15) is 28.4 Å². The van der Waals surface area contributed by atoms with Crippen LogP contribution in [0.4, 0.5) is 26.3 Å². The summed E-state index contributed by atoms with van der Waals surface area (Å²) < 4.78 is 75.6. The topological polar surface area (TPSA) is 17.1 Å². The molecule has 100 valence electrons. The molecule has 0 fully saturated rings. The van der Waals surface area contributed by atoms with E-state index in [1.165, 1.54) is 0 Å². The largest absolute Gasteiger partial charge is 0.418 e. The summed E-state index contributed by atoms with van der Waals surface area (Å²) in [7, 11) is 0. The SMILES string of the molecule is CC(=O)c1ccc(I)c(C(F)(F)F)c1C(F)(F)F. The number of alkyl halides is 6. The number of hydrogen-bond donors (Lipinski definition) is 0. The summed E-state index contributed by atoms with van der Waals surface area (Å²) in [5, 5.41) is 0. The molecule has 0 bridgehead atoms. The molecule has 1 aromatic rings. The molecule has 8 heteroatoms. The zero-order valence-electron chi connectivity index (χ0n) is 8.71. The molecule has 0 aliphatic heterocycles. The lowest BCUT2D eigenvalue weighted by molar-refractivity contribution is -0.162. The van der Waals surface area contributed by atoms with E-state index in [0.717, 1.165) is 41.6 Å². The summed E-state index contributed by atoms with van der Waals surface area (Å²) in [4.78, 5) is 11.0. The monoisotopic (exact) mass is 382 g/mol. The van der Waals surface area contributed by atoms with Crippen LogP contribution in [0.3, 0.4) is 0 Å². The summed E-state index contributed by atoms with van der Waals surface area (Å²) in [6, 6.07) is 1.59. The third-order valence-corrected chi connectivity index (χ3v) is 3.00. The maximum atomic E-state index is 12.7. The van der Waals surface area contributed by atoms with Gasteiger partial charge in [-0.15, -0.1) is 0 Å². The van der Waals surface area contributed by atoms with Gasteiger partial charge in [0, 0.05) is 9.13 Å². The first-order chi connectivity index (χ1) is 7.96. The van der Waals surface area contributed by atoms with E-state index in [4.69, 9.17) is 0 Å². The molecule has 1 rings (SSSR count). The highest BCUT2D eigenvalue weighted by atomic mass is 127. The van der Waals surface area contributed by atoms with Crippen molar-refractivity contribution in [2.45, 2.75) is 19.3 Å². The molecular formula is C10H5F6IO. The minimum atomic E-state index is -5.24. The molecule has 0 N–H and O–H groups in total. The molecule has 1 aromatic carbocycles. The van der Waals surface area contributed by atoms with Gasteiger partial charge in [-0.05, 0) is 41.6 Å². The lowest BCUT2D eigenvalue weighted by Gasteiger charge is -2.19. The maximum absolute atomic E-state index is 12.7. The molecule has 0 saturated heterocycles. The van der Waals surface area contributed by atoms with Crippen molar-refractivity contribution in [3.05, 3.63) is 32.4 Å². The molecule has 18 heavy (non-hydrogen) atoms. The number of hydrogen-bond acceptors (Lipinski definition) is 1. The number of Topliss-reactive ketones (excluding diaryl/α,β-unsaturated/α-hetero) is 1. The molecule has 0 unspecified atom stereocenters. The molecule has 1 nitrogen and oxygen atoms in total. The summed E-state index contributed by atoms with van der Waals surface area (Å²) in [5.74, 6) is -1.07. The Labute approximate surface area is 111 Å². The highest BCUT2D eigenvalue weighted by Crippen LogP contribution is 2.44. The van der Waals surface area contributed by atoms with E-state index in [-0.39, 0.29) is 0 Å². The molecule has 0 spiro atoms. The standard InChI is InChI=1S/C10H5F6IO/c1-4(18)5-2-3-6(17)8(10(14,15)16)7(5)9(11,12)13/h2-3H,1H3. The minimum absolute atomic E-state index is 0.600. The van der Waals surface area contributed by atoms with Gasteiger partial charge in [0.25, 0.3) is 0 Å². The fourth-order valence-electron chi connectivity index (χ4n) is 1.44. The van der Waals surface area contributed by atoms with Crippen LogP contribution in [-0.2, 0) is 12.4 Å². The zero-order valence-corrected chi connectivity index (χ0v) is 10.9. The Hall–Kier alpha value is -0.800. The van der Waals surface area contributed by atoms with Gasteiger partial charge in [-0.2, -0.15) is 26.3 Å². The Morgan fingerprint density at radius 2 is 1.44 bits per heavy atom. The van der Waals surface area contributed by atoms with Gasteiger partial charge in [0.1, 0.15) is 0 Å². The fraction of sp³-hybridized carbons (Fsp3) is 0.300. The Morgan fingerprint density at radius 1 is 1.00 bits per heavy atom. The van der Waals surface area contributed by atoms with Crippen LogP contribution >= 0.6 is 22.6 Å². The minimum Gasteiger partial charge on any atom is -0.294 e. The summed E-state index contributed by atoms with van der Waals surface area (Å²) in [6.07, 6.45) is -10.4. The van der Waals surface area contributed by atoms with Gasteiger partial charge < -0.3 is 0 Å². The van der Waals surface area contributed by atoms with E-state index < -0.39 is 38.4 Å². The third kappa shape index (κ3) is 2.96. The van der Waals surface area contributed by atoms with Crippen molar-refractivity contribution >= 4 is 28.4 Å². The predicted molar refractivity (Wildman–Crippen MR) is 59.2 cm³/mol. The van der Waals surface area contributed by atoms with E-state index >= 15 is 0 Å². The predicted octanol–water partition coefficient (Wildman–Crippen LogP) is 4.53. The average molecular weight is 382 g/mol. The lowest BCUT2D eigenvalue weighted by Crippen LogP contribution is -2.21. The number of benzene rings is 1. The second-order valence-electron chi connectivity index (χ2n) is 3.40. The van der Waals surface area contributed by atoms with E-state index in [1.54, 1.807) is 0 Å². The summed E-state index contributed by atoms with van der Waals surface area (Å²) in [6.45, 7) is 0.789. The van der Waals surface area contributed by atoms with Gasteiger partial charge in [0.05, 0.1) is 11.1 Å². The molecule has 0 radical (unpaired) electrons. The van der Waals surface area contributed by atoms with Crippen LogP contribution in [0.25, 0.3) is 0 Å². The first-order valence-electron chi connectivity index (χ1n) is 4.44. The zero-order chi connectivity index (χ0) is 14.3. The molecule has 0 amide bonds. The molecule has 0 aromatic heterocycles. The van der Waals surface area contributed by atoms with Crippen molar-refractivity contribution < 1.29 is 31.1 Å². The van der Waals surface area contributed by atoms with Crippen LogP contribution in [0.15, 0.2) is 12.1 Å². The summed E-state index contributed by atoms with van der Waals surface area (Å²) >= 11 is 1.16. The van der Waals surface area contributed by atoms with Crippen molar-refractivity contribution in [2.75, 3.05) is 0 Å². The fourth-order valence-corrected chi connectivity index (χ4v) is 2.20. The Balaban J connectivity index is 3.79. The number of carbonyl (C=O) groups is 1. The van der Waals surface area contributed by atoms with Crippen molar-refractivity contribution in [3.63, 3.8) is 0 Å². The van der Waals surface area contributed by atoms with Crippen molar-refractivity contribution in [3.8, 4) is 0 Å². The van der Waals surface area contributed by atoms with Crippen LogP contribution in [0, 0.1) is 3.57 Å². The van der Waals surface area contributed by atoms with E-state index in [2.05, 4.69) is 0 Å². The molecule has 0 saturated carbocycles. The number of halogens is 7.